The fourth-order valence-corrected chi connectivity index (χ4v) is 2.61. The molecule has 21 heavy (non-hydrogen) atoms. The molecule has 1 N–H and O–H groups in total. The normalized spacial score (nSPS) is 16.0. The zero-order valence-corrected chi connectivity index (χ0v) is 13.0. The van der Waals surface area contributed by atoms with Gasteiger partial charge in [-0.05, 0) is 32.3 Å². The topological polar surface area (TPSA) is 54.5 Å². The molecule has 116 valence electrons. The maximum absolute atomic E-state index is 12.7. The quantitative estimate of drug-likeness (QED) is 0.875. The van der Waals surface area contributed by atoms with Crippen molar-refractivity contribution in [2.45, 2.75) is 39.2 Å². The fourth-order valence-electron chi connectivity index (χ4n) is 2.61. The van der Waals surface area contributed by atoms with Crippen LogP contribution in [0.25, 0.3) is 0 Å². The lowest BCUT2D eigenvalue weighted by Crippen LogP contribution is -2.41. The molecule has 1 aliphatic rings. The van der Waals surface area contributed by atoms with Crippen LogP contribution in [-0.4, -0.2) is 48.1 Å². The van der Waals surface area contributed by atoms with Crippen molar-refractivity contribution in [2.24, 2.45) is 0 Å². The molecule has 0 aromatic carbocycles. The van der Waals surface area contributed by atoms with Gasteiger partial charge in [-0.3, -0.25) is 9.78 Å². The third-order valence-corrected chi connectivity index (χ3v) is 3.75. The molecule has 1 saturated heterocycles. The van der Waals surface area contributed by atoms with E-state index in [-0.39, 0.29) is 5.91 Å². The second-order valence-electron chi connectivity index (χ2n) is 5.29. The van der Waals surface area contributed by atoms with Crippen LogP contribution in [0.2, 0.25) is 0 Å². The molecule has 0 radical (unpaired) electrons. The number of aromatic nitrogens is 1. The molecule has 5 nitrogen and oxygen atoms in total. The van der Waals surface area contributed by atoms with Crippen LogP contribution in [0.3, 0.4) is 0 Å². The van der Waals surface area contributed by atoms with E-state index in [1.54, 1.807) is 12.4 Å². The highest BCUT2D eigenvalue weighted by Gasteiger charge is 2.25. The van der Waals surface area contributed by atoms with E-state index in [9.17, 15) is 4.79 Å². The lowest BCUT2D eigenvalue weighted by atomic mass is 10.1. The molecule has 1 amide bonds. The lowest BCUT2D eigenvalue weighted by molar-refractivity contribution is 0.0146. The first-order valence-corrected chi connectivity index (χ1v) is 7.85. The van der Waals surface area contributed by atoms with Crippen LogP contribution in [0.5, 0.6) is 0 Å². The molecule has 1 aromatic heterocycles. The number of ether oxygens (including phenoxy) is 1. The number of pyridine rings is 1. The molecular weight excluding hydrogens is 266 g/mol. The molecule has 0 atom stereocenters. The highest BCUT2D eigenvalue weighted by molar-refractivity contribution is 5.99. The molecule has 2 heterocycles. The smallest absolute Gasteiger partial charge is 0.257 e. The number of anilines is 1. The van der Waals surface area contributed by atoms with Crippen LogP contribution in [0, 0.1) is 0 Å². The highest BCUT2D eigenvalue weighted by atomic mass is 16.5. The number of carbonyl (C=O) groups excluding carboxylic acids is 1. The van der Waals surface area contributed by atoms with E-state index >= 15 is 0 Å². The van der Waals surface area contributed by atoms with Crippen molar-refractivity contribution in [3.63, 3.8) is 0 Å². The Labute approximate surface area is 126 Å². The summed E-state index contributed by atoms with van der Waals surface area (Å²) in [6.07, 6.45) is 6.53. The van der Waals surface area contributed by atoms with E-state index < -0.39 is 0 Å². The van der Waals surface area contributed by atoms with Gasteiger partial charge in [0.05, 0.1) is 17.4 Å². The lowest BCUT2D eigenvalue weighted by Gasteiger charge is -2.32. The summed E-state index contributed by atoms with van der Waals surface area (Å²) in [5.41, 5.74) is 1.55. The summed E-state index contributed by atoms with van der Waals surface area (Å²) in [5.74, 6) is 0.0663. The van der Waals surface area contributed by atoms with Crippen LogP contribution in [0.15, 0.2) is 18.5 Å². The minimum atomic E-state index is 0.0663. The first kappa shape index (κ1) is 15.8. The van der Waals surface area contributed by atoms with Crippen molar-refractivity contribution in [1.82, 2.24) is 9.88 Å². The Kier molecular flexibility index (Phi) is 5.99. The SMILES string of the molecule is CCCNc1ccncc1C(=O)N1CCC(OCC)CC1. The average Bonchev–Trinajstić information content (AvgIpc) is 2.53. The summed E-state index contributed by atoms with van der Waals surface area (Å²) in [6, 6.07) is 1.87. The number of nitrogens with one attached hydrogen (secondary N) is 1. The summed E-state index contributed by atoms with van der Waals surface area (Å²) < 4.78 is 5.63. The molecule has 0 aliphatic carbocycles. The van der Waals surface area contributed by atoms with Crippen molar-refractivity contribution in [2.75, 3.05) is 31.6 Å². The van der Waals surface area contributed by atoms with Crippen LogP contribution in [0.4, 0.5) is 5.69 Å². The Morgan fingerprint density at radius 2 is 2.19 bits per heavy atom. The summed E-state index contributed by atoms with van der Waals surface area (Å²) in [5, 5.41) is 3.30. The predicted octanol–water partition coefficient (Wildman–Crippen LogP) is 2.54. The second kappa shape index (κ2) is 7.98. The number of hydrogen-bond acceptors (Lipinski definition) is 4. The Balaban J connectivity index is 2.00. The molecule has 1 aliphatic heterocycles. The number of hydrogen-bond donors (Lipinski definition) is 1. The first-order valence-electron chi connectivity index (χ1n) is 7.85. The van der Waals surface area contributed by atoms with Gasteiger partial charge in [-0.25, -0.2) is 0 Å². The summed E-state index contributed by atoms with van der Waals surface area (Å²) in [4.78, 5) is 18.7. The number of amides is 1. The first-order chi connectivity index (χ1) is 10.3. The molecule has 1 aromatic rings. The van der Waals surface area contributed by atoms with Crippen molar-refractivity contribution < 1.29 is 9.53 Å². The monoisotopic (exact) mass is 291 g/mol. The molecule has 0 unspecified atom stereocenters. The van der Waals surface area contributed by atoms with Crippen molar-refractivity contribution in [1.29, 1.82) is 0 Å². The van der Waals surface area contributed by atoms with Gasteiger partial charge in [-0.1, -0.05) is 6.92 Å². The van der Waals surface area contributed by atoms with Gasteiger partial charge in [0, 0.05) is 38.6 Å². The summed E-state index contributed by atoms with van der Waals surface area (Å²) >= 11 is 0. The predicted molar refractivity (Wildman–Crippen MR) is 83.6 cm³/mol. The second-order valence-corrected chi connectivity index (χ2v) is 5.29. The van der Waals surface area contributed by atoms with Crippen LogP contribution in [-0.2, 0) is 4.74 Å². The number of carbonyl (C=O) groups is 1. The zero-order valence-electron chi connectivity index (χ0n) is 13.0. The van der Waals surface area contributed by atoms with E-state index in [0.29, 0.717) is 11.7 Å². The molecule has 0 spiro atoms. The maximum Gasteiger partial charge on any atom is 0.257 e. The number of piperidine rings is 1. The van der Waals surface area contributed by atoms with Gasteiger partial charge in [0.1, 0.15) is 0 Å². The van der Waals surface area contributed by atoms with Crippen molar-refractivity contribution in [3.8, 4) is 0 Å². The summed E-state index contributed by atoms with van der Waals surface area (Å²) in [6.45, 7) is 7.23. The number of likely N-dealkylation sites (tertiary alicyclic amines) is 1. The van der Waals surface area contributed by atoms with E-state index in [1.807, 2.05) is 17.9 Å². The average molecular weight is 291 g/mol. The third-order valence-electron chi connectivity index (χ3n) is 3.75. The van der Waals surface area contributed by atoms with E-state index in [2.05, 4.69) is 17.2 Å². The van der Waals surface area contributed by atoms with Gasteiger partial charge in [-0.2, -0.15) is 0 Å². The molecule has 5 heteroatoms. The number of nitrogens with zero attached hydrogens (tertiary/aromatic N) is 2. The minimum absolute atomic E-state index is 0.0663. The Bertz CT molecular complexity index is 457. The maximum atomic E-state index is 12.7. The Hall–Kier alpha value is -1.62. The molecule has 1 fully saturated rings. The fraction of sp³-hybridized carbons (Fsp3) is 0.625. The molecular formula is C16H25N3O2. The molecule has 0 bridgehead atoms. The Morgan fingerprint density at radius 1 is 1.43 bits per heavy atom. The van der Waals surface area contributed by atoms with E-state index in [0.717, 1.165) is 51.2 Å². The van der Waals surface area contributed by atoms with Crippen molar-refractivity contribution in [3.05, 3.63) is 24.0 Å². The highest BCUT2D eigenvalue weighted by Crippen LogP contribution is 2.20. The third kappa shape index (κ3) is 4.17. The van der Waals surface area contributed by atoms with Gasteiger partial charge in [-0.15, -0.1) is 0 Å². The number of rotatable bonds is 6. The van der Waals surface area contributed by atoms with Gasteiger partial charge in [0.15, 0.2) is 0 Å². The van der Waals surface area contributed by atoms with E-state index in [4.69, 9.17) is 4.74 Å². The Morgan fingerprint density at radius 3 is 2.86 bits per heavy atom. The minimum Gasteiger partial charge on any atom is -0.384 e. The van der Waals surface area contributed by atoms with Crippen LogP contribution < -0.4 is 5.32 Å². The largest absolute Gasteiger partial charge is 0.384 e. The summed E-state index contributed by atoms with van der Waals surface area (Å²) in [7, 11) is 0. The van der Waals surface area contributed by atoms with Crippen molar-refractivity contribution >= 4 is 11.6 Å². The molecule has 2 rings (SSSR count). The standard InChI is InChI=1S/C16H25N3O2/c1-3-8-18-15-5-9-17-12-14(15)16(20)19-10-6-13(7-11-19)21-4-2/h5,9,12-13H,3-4,6-8,10-11H2,1-2H3,(H,17,18). The van der Waals surface area contributed by atoms with Gasteiger partial charge in [0.25, 0.3) is 5.91 Å². The van der Waals surface area contributed by atoms with Gasteiger partial charge >= 0.3 is 0 Å². The molecule has 0 saturated carbocycles. The van der Waals surface area contributed by atoms with Crippen LogP contribution >= 0.6 is 0 Å². The van der Waals surface area contributed by atoms with Gasteiger partial charge in [0.2, 0.25) is 0 Å². The van der Waals surface area contributed by atoms with E-state index in [1.165, 1.54) is 0 Å². The zero-order chi connectivity index (χ0) is 15.1. The van der Waals surface area contributed by atoms with Crippen LogP contribution in [0.1, 0.15) is 43.5 Å². The van der Waals surface area contributed by atoms with Gasteiger partial charge < -0.3 is 15.0 Å².